The van der Waals surface area contributed by atoms with Crippen molar-refractivity contribution in [3.63, 3.8) is 0 Å². The van der Waals surface area contributed by atoms with Crippen molar-refractivity contribution < 1.29 is 9.47 Å². The first kappa shape index (κ1) is 14.0. The van der Waals surface area contributed by atoms with Gasteiger partial charge in [0.15, 0.2) is 4.51 Å². The number of hydrogen-bond acceptors (Lipinski definition) is 2. The second kappa shape index (κ2) is 6.19. The quantitative estimate of drug-likeness (QED) is 0.686. The molecule has 1 aliphatic carbocycles. The molecule has 0 aliphatic heterocycles. The number of allylic oxidation sites excluding steroid dienone is 2. The molecule has 0 heterocycles. The minimum Gasteiger partial charge on any atom is -0.472 e. The maximum Gasteiger partial charge on any atom is 0.185 e. The highest BCUT2D eigenvalue weighted by atomic mass is 79.9. The molecule has 1 aliphatic rings. The molecule has 1 unspecified atom stereocenters. The lowest BCUT2D eigenvalue weighted by molar-refractivity contribution is 0.224. The fourth-order valence-electron chi connectivity index (χ4n) is 2.07. The van der Waals surface area contributed by atoms with Crippen molar-refractivity contribution in [3.8, 4) is 17.2 Å². The van der Waals surface area contributed by atoms with Crippen LogP contribution in [0.15, 0.2) is 78.9 Å². The first-order valence-electron chi connectivity index (χ1n) is 6.79. The number of benzene rings is 2. The smallest absolute Gasteiger partial charge is 0.185 e. The van der Waals surface area contributed by atoms with Crippen LogP contribution in [0.5, 0.6) is 17.2 Å². The number of halogens is 1. The minimum absolute atomic E-state index is 0.479. The van der Waals surface area contributed by atoms with Crippen molar-refractivity contribution in [2.45, 2.75) is 10.9 Å². The molecule has 3 heteroatoms. The lowest BCUT2D eigenvalue weighted by Crippen LogP contribution is -2.26. The van der Waals surface area contributed by atoms with Crippen LogP contribution in [0.25, 0.3) is 0 Å². The number of hydrogen-bond donors (Lipinski definition) is 0. The molecule has 0 saturated heterocycles. The standard InChI is InChI=1S/C18H15BrO2/c19-18(12-5-2-6-13-18)21-17-11-7-10-16(14-17)20-15-8-3-1-4-9-15/h1-12,14H,13H2. The number of rotatable bonds is 4. The molecule has 0 bridgehead atoms. The summed E-state index contributed by atoms with van der Waals surface area (Å²) in [6.45, 7) is 0. The Labute approximate surface area is 132 Å². The molecule has 2 nitrogen and oxygen atoms in total. The second-order valence-electron chi connectivity index (χ2n) is 4.77. The van der Waals surface area contributed by atoms with Gasteiger partial charge in [-0.2, -0.15) is 0 Å². The van der Waals surface area contributed by atoms with Crippen LogP contribution in [0.3, 0.4) is 0 Å². The zero-order valence-electron chi connectivity index (χ0n) is 11.4. The van der Waals surface area contributed by atoms with Gasteiger partial charge >= 0.3 is 0 Å². The van der Waals surface area contributed by atoms with Crippen molar-refractivity contribution in [1.82, 2.24) is 0 Å². The summed E-state index contributed by atoms with van der Waals surface area (Å²) in [5.41, 5.74) is 0. The Balaban J connectivity index is 1.74. The maximum absolute atomic E-state index is 6.02. The summed E-state index contributed by atoms with van der Waals surface area (Å²) < 4.78 is 11.4. The lowest BCUT2D eigenvalue weighted by atomic mass is 10.1. The average molecular weight is 343 g/mol. The molecule has 0 radical (unpaired) electrons. The molecule has 106 valence electrons. The monoisotopic (exact) mass is 342 g/mol. The van der Waals surface area contributed by atoms with Gasteiger partial charge in [0.2, 0.25) is 0 Å². The summed E-state index contributed by atoms with van der Waals surface area (Å²) in [5, 5.41) is 0. The molecule has 2 aromatic carbocycles. The predicted molar refractivity (Wildman–Crippen MR) is 88.1 cm³/mol. The Kier molecular flexibility index (Phi) is 4.11. The van der Waals surface area contributed by atoms with Crippen molar-refractivity contribution >= 4 is 15.9 Å². The first-order chi connectivity index (χ1) is 10.2. The van der Waals surface area contributed by atoms with Crippen LogP contribution in [-0.4, -0.2) is 4.51 Å². The van der Waals surface area contributed by atoms with E-state index in [2.05, 4.69) is 22.0 Å². The molecule has 0 spiro atoms. The Morgan fingerprint density at radius 2 is 1.62 bits per heavy atom. The summed E-state index contributed by atoms with van der Waals surface area (Å²) in [4.78, 5) is 0. The Morgan fingerprint density at radius 1 is 0.857 bits per heavy atom. The van der Waals surface area contributed by atoms with Gasteiger partial charge in [-0.1, -0.05) is 42.5 Å². The fraction of sp³-hybridized carbons (Fsp3) is 0.111. The van der Waals surface area contributed by atoms with Gasteiger partial charge in [0.05, 0.1) is 0 Å². The topological polar surface area (TPSA) is 18.5 Å². The SMILES string of the molecule is BrC1(Oc2cccc(Oc3ccccc3)c2)C=CC=CC1. The molecule has 1 atom stereocenters. The Morgan fingerprint density at radius 3 is 2.38 bits per heavy atom. The molecule has 3 rings (SSSR count). The van der Waals surface area contributed by atoms with E-state index in [1.54, 1.807) is 0 Å². The van der Waals surface area contributed by atoms with E-state index in [1.165, 1.54) is 0 Å². The molecular formula is C18H15BrO2. The molecule has 0 N–H and O–H groups in total. The molecule has 0 fully saturated rings. The molecule has 0 aromatic heterocycles. The van der Waals surface area contributed by atoms with E-state index in [4.69, 9.17) is 9.47 Å². The maximum atomic E-state index is 6.02. The van der Waals surface area contributed by atoms with Crippen molar-refractivity contribution in [3.05, 3.63) is 78.9 Å². The van der Waals surface area contributed by atoms with Gasteiger partial charge < -0.3 is 9.47 Å². The van der Waals surface area contributed by atoms with Crippen LogP contribution in [0.4, 0.5) is 0 Å². The lowest BCUT2D eigenvalue weighted by Gasteiger charge is -2.26. The first-order valence-corrected chi connectivity index (χ1v) is 7.58. The zero-order valence-corrected chi connectivity index (χ0v) is 13.0. The normalized spacial score (nSPS) is 20.2. The van der Waals surface area contributed by atoms with E-state index < -0.39 is 4.51 Å². The molecule has 2 aromatic rings. The van der Waals surface area contributed by atoms with Crippen LogP contribution in [0, 0.1) is 0 Å². The highest BCUT2D eigenvalue weighted by Gasteiger charge is 2.25. The molecule has 0 saturated carbocycles. The Bertz CT molecular complexity index is 664. The van der Waals surface area contributed by atoms with E-state index in [9.17, 15) is 0 Å². The van der Waals surface area contributed by atoms with Crippen molar-refractivity contribution in [1.29, 1.82) is 0 Å². The van der Waals surface area contributed by atoms with E-state index in [0.717, 1.165) is 23.7 Å². The van der Waals surface area contributed by atoms with Gasteiger partial charge in [0.25, 0.3) is 0 Å². The highest BCUT2D eigenvalue weighted by molar-refractivity contribution is 9.10. The van der Waals surface area contributed by atoms with Gasteiger partial charge in [-0.25, -0.2) is 0 Å². The Hall–Kier alpha value is -2.00. The van der Waals surface area contributed by atoms with Crippen LogP contribution in [0.1, 0.15) is 6.42 Å². The summed E-state index contributed by atoms with van der Waals surface area (Å²) in [6.07, 6.45) is 8.84. The third-order valence-electron chi connectivity index (χ3n) is 3.06. The number of para-hydroxylation sites is 1. The third-order valence-corrected chi connectivity index (χ3v) is 3.81. The van der Waals surface area contributed by atoms with Gasteiger partial charge in [-0.05, 0) is 46.3 Å². The van der Waals surface area contributed by atoms with Crippen LogP contribution >= 0.6 is 15.9 Å². The van der Waals surface area contributed by atoms with E-state index in [0.29, 0.717) is 0 Å². The highest BCUT2D eigenvalue weighted by Crippen LogP contribution is 2.33. The molecule has 0 amide bonds. The van der Waals surface area contributed by atoms with Gasteiger partial charge in [-0.15, -0.1) is 0 Å². The summed E-state index contributed by atoms with van der Waals surface area (Å²) in [6, 6.07) is 17.4. The van der Waals surface area contributed by atoms with Crippen LogP contribution < -0.4 is 9.47 Å². The van der Waals surface area contributed by atoms with E-state index in [1.807, 2.05) is 72.8 Å². The largest absolute Gasteiger partial charge is 0.472 e. The van der Waals surface area contributed by atoms with Gasteiger partial charge in [0.1, 0.15) is 17.2 Å². The van der Waals surface area contributed by atoms with Crippen LogP contribution in [-0.2, 0) is 0 Å². The van der Waals surface area contributed by atoms with Crippen molar-refractivity contribution in [2.24, 2.45) is 0 Å². The fourth-order valence-corrected chi connectivity index (χ4v) is 2.60. The van der Waals surface area contributed by atoms with Crippen LogP contribution in [0.2, 0.25) is 0 Å². The van der Waals surface area contributed by atoms with E-state index >= 15 is 0 Å². The summed E-state index contributed by atoms with van der Waals surface area (Å²) in [5.74, 6) is 2.33. The summed E-state index contributed by atoms with van der Waals surface area (Å²) in [7, 11) is 0. The summed E-state index contributed by atoms with van der Waals surface area (Å²) >= 11 is 3.62. The second-order valence-corrected chi connectivity index (χ2v) is 6.11. The molecule has 21 heavy (non-hydrogen) atoms. The minimum atomic E-state index is -0.479. The average Bonchev–Trinajstić information content (AvgIpc) is 2.49. The van der Waals surface area contributed by atoms with Crippen molar-refractivity contribution in [2.75, 3.05) is 0 Å². The van der Waals surface area contributed by atoms with Gasteiger partial charge in [-0.3, -0.25) is 0 Å². The predicted octanol–water partition coefficient (Wildman–Crippen LogP) is 5.47. The van der Waals surface area contributed by atoms with Gasteiger partial charge in [0, 0.05) is 12.5 Å². The molecular weight excluding hydrogens is 328 g/mol. The number of ether oxygens (including phenoxy) is 2. The zero-order chi connectivity index (χ0) is 14.5. The van der Waals surface area contributed by atoms with E-state index in [-0.39, 0.29) is 0 Å². The number of alkyl halides is 1. The third kappa shape index (κ3) is 3.76.